The molecule has 2 fully saturated rings. The molecule has 4 nitrogen and oxygen atoms in total. The van der Waals surface area contributed by atoms with Crippen molar-refractivity contribution in [3.63, 3.8) is 0 Å². The Hall–Kier alpha value is -0.610. The zero-order valence-electron chi connectivity index (χ0n) is 5.76. The Bertz CT molecular complexity index is 159. The van der Waals surface area contributed by atoms with Crippen LogP contribution in [0.3, 0.4) is 0 Å². The largest absolute Gasteiger partial charge is 0.352 e. The number of amides is 1. The van der Waals surface area contributed by atoms with Gasteiger partial charge in [-0.15, -0.1) is 0 Å². The van der Waals surface area contributed by atoms with Gasteiger partial charge in [0.2, 0.25) is 0 Å². The summed E-state index contributed by atoms with van der Waals surface area (Å²) in [5, 5.41) is 5.93. The summed E-state index contributed by atoms with van der Waals surface area (Å²) in [6, 6.07) is 0. The van der Waals surface area contributed by atoms with Crippen molar-refractivity contribution in [3.8, 4) is 0 Å². The molecule has 2 aliphatic rings. The predicted octanol–water partition coefficient (Wildman–Crippen LogP) is -1.65. The van der Waals surface area contributed by atoms with E-state index in [9.17, 15) is 4.79 Å². The van der Waals surface area contributed by atoms with Gasteiger partial charge in [0.1, 0.15) is 6.17 Å². The van der Waals surface area contributed by atoms with Crippen molar-refractivity contribution in [1.82, 2.24) is 15.5 Å². The van der Waals surface area contributed by atoms with Gasteiger partial charge in [-0.1, -0.05) is 0 Å². The van der Waals surface area contributed by atoms with Crippen LogP contribution >= 0.6 is 0 Å². The Morgan fingerprint density at radius 3 is 3.00 bits per heavy atom. The topological polar surface area (TPSA) is 44.4 Å². The number of hydrogen-bond donors (Lipinski definition) is 2. The van der Waals surface area contributed by atoms with Crippen molar-refractivity contribution in [2.24, 2.45) is 0 Å². The van der Waals surface area contributed by atoms with Gasteiger partial charge in [0.15, 0.2) is 0 Å². The molecule has 0 bridgehead atoms. The van der Waals surface area contributed by atoms with Crippen LogP contribution in [-0.2, 0) is 4.79 Å². The number of fused-ring (bicyclic) bond motifs is 1. The van der Waals surface area contributed by atoms with E-state index in [-0.39, 0.29) is 12.1 Å². The van der Waals surface area contributed by atoms with Gasteiger partial charge in [0.05, 0.1) is 0 Å². The van der Waals surface area contributed by atoms with Crippen LogP contribution in [0.1, 0.15) is 0 Å². The van der Waals surface area contributed by atoms with E-state index >= 15 is 0 Å². The first kappa shape index (κ1) is 6.12. The van der Waals surface area contributed by atoms with Crippen molar-refractivity contribution >= 4 is 5.91 Å². The van der Waals surface area contributed by atoms with Crippen LogP contribution in [0.15, 0.2) is 0 Å². The van der Waals surface area contributed by atoms with E-state index < -0.39 is 0 Å². The number of nitrogens with zero attached hydrogens (tertiary/aromatic N) is 1. The highest BCUT2D eigenvalue weighted by atomic mass is 16.2. The zero-order valence-corrected chi connectivity index (χ0v) is 5.76. The molecule has 2 rings (SSSR count). The van der Waals surface area contributed by atoms with E-state index in [1.54, 1.807) is 0 Å². The van der Waals surface area contributed by atoms with Crippen LogP contribution in [0.4, 0.5) is 0 Å². The van der Waals surface area contributed by atoms with Crippen LogP contribution < -0.4 is 10.6 Å². The molecule has 1 atom stereocenters. The second-order valence-corrected chi connectivity index (χ2v) is 2.68. The third-order valence-corrected chi connectivity index (χ3v) is 2.05. The molecule has 2 saturated heterocycles. The lowest BCUT2D eigenvalue weighted by Crippen LogP contribution is -2.55. The summed E-state index contributed by atoms with van der Waals surface area (Å²) in [5.74, 6) is 0.128. The summed E-state index contributed by atoms with van der Waals surface area (Å²) in [6.07, 6.45) is -0.0336. The molecule has 1 amide bonds. The highest BCUT2D eigenvalue weighted by Crippen LogP contribution is 2.05. The monoisotopic (exact) mass is 141 g/mol. The summed E-state index contributed by atoms with van der Waals surface area (Å²) < 4.78 is 0. The Balaban J connectivity index is 2.10. The molecule has 10 heavy (non-hydrogen) atoms. The summed E-state index contributed by atoms with van der Waals surface area (Å²) in [6.45, 7) is 3.75. The Morgan fingerprint density at radius 2 is 2.20 bits per heavy atom. The molecular weight excluding hydrogens is 130 g/mol. The van der Waals surface area contributed by atoms with Crippen molar-refractivity contribution in [2.45, 2.75) is 6.17 Å². The minimum Gasteiger partial charge on any atom is -0.352 e. The first-order chi connectivity index (χ1) is 4.88. The molecule has 4 heteroatoms. The summed E-state index contributed by atoms with van der Waals surface area (Å²) in [4.78, 5) is 13.2. The van der Waals surface area contributed by atoms with Gasteiger partial charge >= 0.3 is 0 Å². The lowest BCUT2D eigenvalue weighted by molar-refractivity contribution is -0.128. The quantitative estimate of drug-likeness (QED) is 0.425. The third-order valence-electron chi connectivity index (χ3n) is 2.05. The maximum atomic E-state index is 11.1. The minimum absolute atomic E-state index is 0.0336. The first-order valence-electron chi connectivity index (χ1n) is 3.63. The smallest absolute Gasteiger partial charge is 0.252 e. The van der Waals surface area contributed by atoms with Crippen molar-refractivity contribution in [1.29, 1.82) is 0 Å². The molecule has 2 heterocycles. The fourth-order valence-electron chi connectivity index (χ4n) is 1.52. The van der Waals surface area contributed by atoms with E-state index in [0.717, 1.165) is 26.2 Å². The fraction of sp³-hybridized carbons (Fsp3) is 0.833. The Kier molecular flexibility index (Phi) is 1.35. The predicted molar refractivity (Wildman–Crippen MR) is 36.4 cm³/mol. The van der Waals surface area contributed by atoms with Crippen LogP contribution in [0.5, 0.6) is 0 Å². The molecule has 0 spiro atoms. The highest BCUT2D eigenvalue weighted by molar-refractivity contribution is 5.82. The van der Waals surface area contributed by atoms with E-state index in [0.29, 0.717) is 0 Å². The van der Waals surface area contributed by atoms with Crippen LogP contribution in [0.2, 0.25) is 0 Å². The molecule has 0 radical (unpaired) electrons. The normalized spacial score (nSPS) is 33.6. The van der Waals surface area contributed by atoms with Crippen molar-refractivity contribution < 1.29 is 4.79 Å². The Morgan fingerprint density at radius 1 is 1.40 bits per heavy atom. The average molecular weight is 141 g/mol. The Labute approximate surface area is 59.6 Å². The number of rotatable bonds is 0. The van der Waals surface area contributed by atoms with Gasteiger partial charge in [-0.25, -0.2) is 0 Å². The number of hydrogen-bond acceptors (Lipinski definition) is 3. The molecule has 56 valence electrons. The third kappa shape index (κ3) is 0.803. The molecule has 1 unspecified atom stereocenters. The molecule has 0 aliphatic carbocycles. The molecular formula is C6H11N3O. The van der Waals surface area contributed by atoms with Crippen LogP contribution in [-0.4, -0.2) is 43.2 Å². The number of nitrogens with one attached hydrogen (secondary N) is 2. The second kappa shape index (κ2) is 2.21. The minimum atomic E-state index is -0.0336. The highest BCUT2D eigenvalue weighted by Gasteiger charge is 2.32. The SMILES string of the molecule is O=C1NCCN2CCNC12. The first-order valence-corrected chi connectivity index (χ1v) is 3.63. The van der Waals surface area contributed by atoms with Gasteiger partial charge in [-0.3, -0.25) is 15.0 Å². The van der Waals surface area contributed by atoms with E-state index in [1.807, 2.05) is 0 Å². The second-order valence-electron chi connectivity index (χ2n) is 2.68. The summed E-state index contributed by atoms with van der Waals surface area (Å²) in [7, 11) is 0. The molecule has 0 aromatic heterocycles. The molecule has 0 saturated carbocycles. The van der Waals surface area contributed by atoms with E-state index in [2.05, 4.69) is 15.5 Å². The molecule has 2 aliphatic heterocycles. The maximum absolute atomic E-state index is 11.1. The zero-order chi connectivity index (χ0) is 6.97. The van der Waals surface area contributed by atoms with Crippen LogP contribution in [0, 0.1) is 0 Å². The van der Waals surface area contributed by atoms with Crippen molar-refractivity contribution in [2.75, 3.05) is 26.2 Å². The number of carbonyl (C=O) groups is 1. The summed E-state index contributed by atoms with van der Waals surface area (Å²) in [5.41, 5.74) is 0. The fourth-order valence-corrected chi connectivity index (χ4v) is 1.52. The lowest BCUT2D eigenvalue weighted by atomic mass is 10.3. The van der Waals surface area contributed by atoms with E-state index in [1.165, 1.54) is 0 Å². The van der Waals surface area contributed by atoms with Gasteiger partial charge in [0, 0.05) is 26.2 Å². The molecule has 0 aromatic carbocycles. The number of carbonyl (C=O) groups excluding carboxylic acids is 1. The standard InChI is InChI=1S/C6H11N3O/c10-6-5-7-1-3-9(5)4-2-8-6/h5,7H,1-4H2,(H,8,10). The van der Waals surface area contributed by atoms with Gasteiger partial charge in [0.25, 0.3) is 5.91 Å². The summed E-state index contributed by atoms with van der Waals surface area (Å²) >= 11 is 0. The maximum Gasteiger partial charge on any atom is 0.252 e. The van der Waals surface area contributed by atoms with E-state index in [4.69, 9.17) is 0 Å². The van der Waals surface area contributed by atoms with Gasteiger partial charge in [-0.05, 0) is 0 Å². The number of piperazine rings is 1. The van der Waals surface area contributed by atoms with Gasteiger partial charge in [-0.2, -0.15) is 0 Å². The molecule has 2 N–H and O–H groups in total. The van der Waals surface area contributed by atoms with Gasteiger partial charge < -0.3 is 5.32 Å². The van der Waals surface area contributed by atoms with Crippen molar-refractivity contribution in [3.05, 3.63) is 0 Å². The average Bonchev–Trinajstić information content (AvgIpc) is 2.36. The molecule has 0 aromatic rings. The van der Waals surface area contributed by atoms with Crippen LogP contribution in [0.25, 0.3) is 0 Å². The lowest BCUT2D eigenvalue weighted by Gasteiger charge is -2.27.